The summed E-state index contributed by atoms with van der Waals surface area (Å²) in [6.45, 7) is 0.0111. The predicted octanol–water partition coefficient (Wildman–Crippen LogP) is 2.44. The van der Waals surface area contributed by atoms with Crippen molar-refractivity contribution in [1.29, 1.82) is 0 Å². The van der Waals surface area contributed by atoms with E-state index in [4.69, 9.17) is 0 Å². The first-order valence-electron chi connectivity index (χ1n) is 6.62. The Kier molecular flexibility index (Phi) is 4.53. The molecule has 0 amide bonds. The topological polar surface area (TPSA) is 79.6 Å². The van der Waals surface area contributed by atoms with Crippen LogP contribution in [0.25, 0.3) is 0 Å². The third-order valence-electron chi connectivity index (χ3n) is 3.12. The van der Waals surface area contributed by atoms with Crippen molar-refractivity contribution >= 4 is 11.6 Å². The zero-order valence-electron chi connectivity index (χ0n) is 11.8. The Bertz CT molecular complexity index is 597. The molecule has 120 valence electrons. The molecule has 1 aromatic rings. The van der Waals surface area contributed by atoms with Crippen molar-refractivity contribution in [2.75, 3.05) is 7.05 Å². The maximum Gasteiger partial charge on any atom is 0.416 e. The molecule has 0 saturated heterocycles. The average Bonchev–Trinajstić information content (AvgIpc) is 3.26. The Hall–Kier alpha value is -2.32. The fourth-order valence-electron chi connectivity index (χ4n) is 1.85. The second-order valence-electron chi connectivity index (χ2n) is 4.99. The molecule has 0 bridgehead atoms. The Balaban J connectivity index is 2.14. The highest BCUT2D eigenvalue weighted by Crippen LogP contribution is 2.32. The highest BCUT2D eigenvalue weighted by Gasteiger charge is 2.32. The van der Waals surface area contributed by atoms with Crippen LogP contribution in [0.3, 0.4) is 0 Å². The van der Waals surface area contributed by atoms with Crippen molar-refractivity contribution in [2.24, 2.45) is 4.99 Å². The third kappa shape index (κ3) is 4.34. The Morgan fingerprint density at radius 1 is 1.41 bits per heavy atom. The molecule has 1 aliphatic rings. The summed E-state index contributed by atoms with van der Waals surface area (Å²) < 4.78 is 38.3. The fourth-order valence-corrected chi connectivity index (χ4v) is 1.85. The molecule has 22 heavy (non-hydrogen) atoms. The number of benzene rings is 1. The van der Waals surface area contributed by atoms with Gasteiger partial charge in [0.05, 0.1) is 10.5 Å². The Morgan fingerprint density at radius 2 is 2.09 bits per heavy atom. The lowest BCUT2D eigenvalue weighted by atomic mass is 10.1. The number of aliphatic imine (C=N–C) groups is 1. The monoisotopic (exact) mass is 316 g/mol. The van der Waals surface area contributed by atoms with Crippen LogP contribution >= 0.6 is 0 Å². The zero-order chi connectivity index (χ0) is 16.3. The molecule has 1 aromatic carbocycles. The molecule has 6 nitrogen and oxygen atoms in total. The number of guanidine groups is 1. The number of nitrogens with one attached hydrogen (secondary N) is 2. The van der Waals surface area contributed by atoms with Crippen LogP contribution in [0.2, 0.25) is 0 Å². The van der Waals surface area contributed by atoms with Gasteiger partial charge in [-0.05, 0) is 24.5 Å². The number of hydrogen-bond acceptors (Lipinski definition) is 3. The van der Waals surface area contributed by atoms with E-state index in [0.29, 0.717) is 18.1 Å². The lowest BCUT2D eigenvalue weighted by Crippen LogP contribution is -2.38. The van der Waals surface area contributed by atoms with E-state index in [9.17, 15) is 23.3 Å². The van der Waals surface area contributed by atoms with E-state index >= 15 is 0 Å². The number of nitrogens with zero attached hydrogens (tertiary/aromatic N) is 2. The van der Waals surface area contributed by atoms with Crippen molar-refractivity contribution in [1.82, 2.24) is 10.6 Å². The standard InChI is InChI=1S/C13H15F3N4O2/c1-17-12(19-10-2-3-10)18-7-8-4-9(13(14,15)16)6-11(5-8)20(21)22/h4-6,10H,2-3,7H2,1H3,(H2,17,18,19). The summed E-state index contributed by atoms with van der Waals surface area (Å²) in [7, 11) is 1.55. The molecule has 0 radical (unpaired) electrons. The normalized spacial score (nSPS) is 15.5. The molecule has 0 spiro atoms. The van der Waals surface area contributed by atoms with Crippen LogP contribution in [-0.2, 0) is 12.7 Å². The largest absolute Gasteiger partial charge is 0.416 e. The van der Waals surface area contributed by atoms with Crippen LogP contribution in [-0.4, -0.2) is 24.0 Å². The van der Waals surface area contributed by atoms with Gasteiger partial charge in [0.2, 0.25) is 0 Å². The summed E-state index contributed by atoms with van der Waals surface area (Å²) in [5, 5.41) is 16.7. The summed E-state index contributed by atoms with van der Waals surface area (Å²) in [6.07, 6.45) is -2.58. The van der Waals surface area contributed by atoms with Crippen LogP contribution < -0.4 is 10.6 Å². The number of non-ortho nitro benzene ring substituents is 1. The van der Waals surface area contributed by atoms with Crippen molar-refractivity contribution in [3.05, 3.63) is 39.4 Å². The quantitative estimate of drug-likeness (QED) is 0.387. The van der Waals surface area contributed by atoms with Crippen molar-refractivity contribution in [2.45, 2.75) is 31.6 Å². The van der Waals surface area contributed by atoms with E-state index < -0.39 is 22.4 Å². The van der Waals surface area contributed by atoms with Gasteiger partial charge in [-0.1, -0.05) is 0 Å². The van der Waals surface area contributed by atoms with Gasteiger partial charge in [-0.2, -0.15) is 13.2 Å². The third-order valence-corrected chi connectivity index (χ3v) is 3.12. The van der Waals surface area contributed by atoms with Crippen LogP contribution in [0.4, 0.5) is 18.9 Å². The minimum absolute atomic E-state index is 0.0111. The smallest absolute Gasteiger partial charge is 0.354 e. The van der Waals surface area contributed by atoms with Crippen LogP contribution in [0.1, 0.15) is 24.0 Å². The first-order chi connectivity index (χ1) is 10.3. The SMILES string of the molecule is CN=C(NCc1cc([N+](=O)[O-])cc(C(F)(F)F)c1)NC1CC1. The van der Waals surface area contributed by atoms with E-state index in [1.54, 1.807) is 7.05 Å². The maximum absolute atomic E-state index is 12.8. The lowest BCUT2D eigenvalue weighted by Gasteiger charge is -2.13. The summed E-state index contributed by atoms with van der Waals surface area (Å²) in [5.41, 5.74) is -1.46. The lowest BCUT2D eigenvalue weighted by molar-refractivity contribution is -0.385. The highest BCUT2D eigenvalue weighted by molar-refractivity contribution is 5.80. The van der Waals surface area contributed by atoms with Gasteiger partial charge in [0.25, 0.3) is 5.69 Å². The minimum Gasteiger partial charge on any atom is -0.354 e. The predicted molar refractivity (Wildman–Crippen MR) is 74.5 cm³/mol. The van der Waals surface area contributed by atoms with Crippen LogP contribution in [0.5, 0.6) is 0 Å². The summed E-state index contributed by atoms with van der Waals surface area (Å²) in [5.74, 6) is 0.461. The molecule has 0 aliphatic heterocycles. The molecule has 9 heteroatoms. The molecule has 0 aromatic heterocycles. The Morgan fingerprint density at radius 3 is 2.59 bits per heavy atom. The van der Waals surface area contributed by atoms with Gasteiger partial charge in [0.1, 0.15) is 0 Å². The summed E-state index contributed by atoms with van der Waals surface area (Å²) in [4.78, 5) is 13.9. The number of rotatable bonds is 4. The molecule has 0 atom stereocenters. The van der Waals surface area contributed by atoms with Gasteiger partial charge in [-0.15, -0.1) is 0 Å². The molecule has 1 saturated carbocycles. The number of nitro groups is 1. The first-order valence-corrected chi connectivity index (χ1v) is 6.62. The van der Waals surface area contributed by atoms with E-state index in [2.05, 4.69) is 15.6 Å². The fraction of sp³-hybridized carbons (Fsp3) is 0.462. The average molecular weight is 316 g/mol. The maximum atomic E-state index is 12.8. The zero-order valence-corrected chi connectivity index (χ0v) is 11.8. The molecular formula is C13H15F3N4O2. The minimum atomic E-state index is -4.63. The number of hydrogen-bond donors (Lipinski definition) is 2. The van der Waals surface area contributed by atoms with Crippen molar-refractivity contribution in [3.8, 4) is 0 Å². The second-order valence-corrected chi connectivity index (χ2v) is 4.99. The number of alkyl halides is 3. The molecule has 2 rings (SSSR count). The molecule has 0 unspecified atom stereocenters. The second kappa shape index (κ2) is 6.20. The van der Waals surface area contributed by atoms with E-state index in [0.717, 1.165) is 25.0 Å². The van der Waals surface area contributed by atoms with Gasteiger partial charge in [0.15, 0.2) is 5.96 Å². The van der Waals surface area contributed by atoms with Crippen molar-refractivity contribution < 1.29 is 18.1 Å². The molecule has 0 heterocycles. The summed E-state index contributed by atoms with van der Waals surface area (Å²) >= 11 is 0. The van der Waals surface area contributed by atoms with Gasteiger partial charge in [-0.25, -0.2) is 0 Å². The van der Waals surface area contributed by atoms with E-state index in [1.807, 2.05) is 0 Å². The van der Waals surface area contributed by atoms with Crippen LogP contribution in [0.15, 0.2) is 23.2 Å². The van der Waals surface area contributed by atoms with Gasteiger partial charge < -0.3 is 10.6 Å². The van der Waals surface area contributed by atoms with Gasteiger partial charge in [-0.3, -0.25) is 15.1 Å². The van der Waals surface area contributed by atoms with E-state index in [1.165, 1.54) is 0 Å². The molecule has 1 fully saturated rings. The highest BCUT2D eigenvalue weighted by atomic mass is 19.4. The molecule has 1 aliphatic carbocycles. The van der Waals surface area contributed by atoms with Crippen molar-refractivity contribution in [3.63, 3.8) is 0 Å². The number of nitro benzene ring substituents is 1. The van der Waals surface area contributed by atoms with Gasteiger partial charge >= 0.3 is 6.18 Å². The van der Waals surface area contributed by atoms with Gasteiger partial charge in [0, 0.05) is 31.8 Å². The molecular weight excluding hydrogens is 301 g/mol. The number of halogens is 3. The molecule has 2 N–H and O–H groups in total. The Labute approximate surface area is 124 Å². The van der Waals surface area contributed by atoms with E-state index in [-0.39, 0.29) is 12.1 Å². The van der Waals surface area contributed by atoms with Crippen LogP contribution in [0, 0.1) is 10.1 Å². The summed E-state index contributed by atoms with van der Waals surface area (Å²) in [6, 6.07) is 2.87. The first kappa shape index (κ1) is 16.1.